The minimum Gasteiger partial charge on any atom is -0.352 e. The fraction of sp³-hybridized carbons (Fsp3) is 0.533. The van der Waals surface area contributed by atoms with Crippen LogP contribution in [0.15, 0.2) is 30.3 Å². The molecule has 6 heteroatoms. The quantitative estimate of drug-likeness (QED) is 0.848. The summed E-state index contributed by atoms with van der Waals surface area (Å²) >= 11 is 0. The van der Waals surface area contributed by atoms with Crippen molar-refractivity contribution in [2.75, 3.05) is 6.54 Å². The summed E-state index contributed by atoms with van der Waals surface area (Å²) in [6, 6.07) is 7.31. The molecule has 2 atom stereocenters. The molecular weight excluding hydrogens is 281 g/mol. The number of halogens is 3. The second kappa shape index (κ2) is 6.47. The summed E-state index contributed by atoms with van der Waals surface area (Å²) in [4.78, 5) is 11.9. The lowest BCUT2D eigenvalue weighted by molar-refractivity contribution is -0.157. The maximum Gasteiger partial charge on any atom is 0.396 e. The number of nitrogens with two attached hydrogens (primary N) is 1. The predicted octanol–water partition coefficient (Wildman–Crippen LogP) is 2.58. The summed E-state index contributed by atoms with van der Waals surface area (Å²) in [5.41, 5.74) is 5.66. The van der Waals surface area contributed by atoms with Crippen molar-refractivity contribution in [3.05, 3.63) is 35.9 Å². The maximum absolute atomic E-state index is 13.2. The Balaban J connectivity index is 2.03. The Kier molecular flexibility index (Phi) is 4.88. The Morgan fingerprint density at radius 3 is 2.38 bits per heavy atom. The fourth-order valence-corrected chi connectivity index (χ4v) is 2.43. The molecule has 3 nitrogen and oxygen atoms in total. The van der Waals surface area contributed by atoms with Gasteiger partial charge in [0.25, 0.3) is 0 Å². The average Bonchev–Trinajstić information content (AvgIpc) is 3.26. The molecule has 0 heterocycles. The molecule has 0 saturated heterocycles. The first-order valence-electron chi connectivity index (χ1n) is 7.03. The Morgan fingerprint density at radius 1 is 1.29 bits per heavy atom. The molecular formula is C15H19F3N2O. The predicted molar refractivity (Wildman–Crippen MR) is 73.6 cm³/mol. The van der Waals surface area contributed by atoms with Gasteiger partial charge in [-0.25, -0.2) is 0 Å². The van der Waals surface area contributed by atoms with E-state index in [0.717, 1.165) is 12.8 Å². The van der Waals surface area contributed by atoms with Crippen LogP contribution in [0, 0.1) is 5.92 Å². The van der Waals surface area contributed by atoms with E-state index in [1.807, 2.05) is 0 Å². The normalized spacial score (nSPS) is 18.1. The van der Waals surface area contributed by atoms with Crippen LogP contribution in [0.1, 0.15) is 30.7 Å². The summed E-state index contributed by atoms with van der Waals surface area (Å²) < 4.78 is 39.5. The van der Waals surface area contributed by atoms with Gasteiger partial charge < -0.3 is 11.1 Å². The lowest BCUT2D eigenvalue weighted by atomic mass is 9.94. The van der Waals surface area contributed by atoms with Crippen LogP contribution >= 0.6 is 0 Å². The van der Waals surface area contributed by atoms with Gasteiger partial charge in [-0.2, -0.15) is 13.2 Å². The van der Waals surface area contributed by atoms with Gasteiger partial charge in [0.1, 0.15) is 0 Å². The van der Waals surface area contributed by atoms with Crippen molar-refractivity contribution >= 4 is 5.91 Å². The smallest absolute Gasteiger partial charge is 0.352 e. The summed E-state index contributed by atoms with van der Waals surface area (Å²) in [5, 5.41) is 2.64. The molecule has 2 rings (SSSR count). The van der Waals surface area contributed by atoms with Gasteiger partial charge in [0.2, 0.25) is 5.91 Å². The minimum absolute atomic E-state index is 0.107. The van der Waals surface area contributed by atoms with Crippen molar-refractivity contribution in [2.45, 2.75) is 37.4 Å². The highest BCUT2D eigenvalue weighted by Gasteiger charge is 2.42. The second-order valence-corrected chi connectivity index (χ2v) is 5.46. The number of carbonyl (C=O) groups excluding carboxylic acids is 1. The molecule has 116 valence electrons. The number of benzene rings is 1. The molecule has 0 spiro atoms. The molecule has 1 aromatic rings. The Hall–Kier alpha value is -1.56. The highest BCUT2D eigenvalue weighted by molar-refractivity contribution is 5.77. The van der Waals surface area contributed by atoms with Gasteiger partial charge >= 0.3 is 6.18 Å². The minimum atomic E-state index is -4.45. The van der Waals surface area contributed by atoms with E-state index < -0.39 is 24.4 Å². The van der Waals surface area contributed by atoms with E-state index in [0.29, 0.717) is 5.92 Å². The topological polar surface area (TPSA) is 55.1 Å². The molecule has 21 heavy (non-hydrogen) atoms. The molecule has 1 aromatic carbocycles. The van der Waals surface area contributed by atoms with Crippen LogP contribution < -0.4 is 11.1 Å². The van der Waals surface area contributed by atoms with Crippen molar-refractivity contribution in [3.8, 4) is 0 Å². The number of carbonyl (C=O) groups is 1. The summed E-state index contributed by atoms with van der Waals surface area (Å²) in [5.74, 6) is -2.06. The first-order chi connectivity index (χ1) is 9.91. The van der Waals surface area contributed by atoms with Crippen LogP contribution in [0.25, 0.3) is 0 Å². The van der Waals surface area contributed by atoms with E-state index in [-0.39, 0.29) is 18.2 Å². The highest BCUT2D eigenvalue weighted by Crippen LogP contribution is 2.37. The molecule has 1 fully saturated rings. The van der Waals surface area contributed by atoms with E-state index in [4.69, 9.17) is 5.73 Å². The number of hydrogen-bond acceptors (Lipinski definition) is 2. The summed E-state index contributed by atoms with van der Waals surface area (Å²) in [6.07, 6.45) is -3.10. The average molecular weight is 300 g/mol. The lowest BCUT2D eigenvalue weighted by Crippen LogP contribution is -2.43. The van der Waals surface area contributed by atoms with E-state index in [9.17, 15) is 18.0 Å². The SMILES string of the molecule is NCC(NC(=O)CC(c1ccccc1)C(F)(F)F)C1CC1. The van der Waals surface area contributed by atoms with E-state index in [1.54, 1.807) is 18.2 Å². The lowest BCUT2D eigenvalue weighted by Gasteiger charge is -2.22. The third kappa shape index (κ3) is 4.46. The maximum atomic E-state index is 13.2. The standard InChI is InChI=1S/C15H19F3N2O/c16-15(17,18)12(10-4-2-1-3-5-10)8-14(21)20-13(9-19)11-6-7-11/h1-5,11-13H,6-9,19H2,(H,20,21). The van der Waals surface area contributed by atoms with Gasteiger partial charge in [-0.3, -0.25) is 4.79 Å². The molecule has 0 aromatic heterocycles. The van der Waals surface area contributed by atoms with Gasteiger partial charge in [-0.15, -0.1) is 0 Å². The Bertz CT molecular complexity index is 472. The molecule has 1 aliphatic rings. The fourth-order valence-electron chi connectivity index (χ4n) is 2.43. The number of nitrogens with one attached hydrogen (secondary N) is 1. The van der Waals surface area contributed by atoms with Gasteiger partial charge in [0, 0.05) is 19.0 Å². The molecule has 1 saturated carbocycles. The number of amides is 1. The van der Waals surface area contributed by atoms with E-state index in [1.165, 1.54) is 12.1 Å². The van der Waals surface area contributed by atoms with Crippen LogP contribution in [0.5, 0.6) is 0 Å². The first-order valence-corrected chi connectivity index (χ1v) is 7.03. The van der Waals surface area contributed by atoms with E-state index >= 15 is 0 Å². The van der Waals surface area contributed by atoms with Crippen LogP contribution in [0.2, 0.25) is 0 Å². The second-order valence-electron chi connectivity index (χ2n) is 5.46. The number of hydrogen-bond donors (Lipinski definition) is 2. The molecule has 0 aliphatic heterocycles. The highest BCUT2D eigenvalue weighted by atomic mass is 19.4. The molecule has 3 N–H and O–H groups in total. The Labute approximate surface area is 121 Å². The van der Waals surface area contributed by atoms with Gasteiger partial charge in [-0.05, 0) is 24.3 Å². The van der Waals surface area contributed by atoms with Crippen molar-refractivity contribution in [3.63, 3.8) is 0 Å². The van der Waals surface area contributed by atoms with Gasteiger partial charge in [-0.1, -0.05) is 30.3 Å². The van der Waals surface area contributed by atoms with Crippen LogP contribution in [-0.4, -0.2) is 24.7 Å². The molecule has 2 unspecified atom stereocenters. The van der Waals surface area contributed by atoms with Gasteiger partial charge in [0.05, 0.1) is 5.92 Å². The molecule has 0 radical (unpaired) electrons. The number of rotatable bonds is 6. The first kappa shape index (κ1) is 15.8. The van der Waals surface area contributed by atoms with Crippen molar-refractivity contribution in [1.29, 1.82) is 0 Å². The zero-order valence-corrected chi connectivity index (χ0v) is 11.6. The van der Waals surface area contributed by atoms with Crippen LogP contribution in [0.4, 0.5) is 13.2 Å². The third-order valence-corrected chi connectivity index (χ3v) is 3.78. The summed E-state index contributed by atoms with van der Waals surface area (Å²) in [7, 11) is 0. The largest absolute Gasteiger partial charge is 0.396 e. The van der Waals surface area contributed by atoms with Crippen molar-refractivity contribution < 1.29 is 18.0 Å². The zero-order valence-electron chi connectivity index (χ0n) is 11.6. The van der Waals surface area contributed by atoms with E-state index in [2.05, 4.69) is 5.32 Å². The van der Waals surface area contributed by atoms with Gasteiger partial charge in [0.15, 0.2) is 0 Å². The molecule has 1 aliphatic carbocycles. The monoisotopic (exact) mass is 300 g/mol. The molecule has 1 amide bonds. The number of alkyl halides is 3. The third-order valence-electron chi connectivity index (χ3n) is 3.78. The van der Waals surface area contributed by atoms with Crippen LogP contribution in [-0.2, 0) is 4.79 Å². The van der Waals surface area contributed by atoms with Crippen molar-refractivity contribution in [1.82, 2.24) is 5.32 Å². The molecule has 0 bridgehead atoms. The zero-order chi connectivity index (χ0) is 15.5. The van der Waals surface area contributed by atoms with Crippen LogP contribution in [0.3, 0.4) is 0 Å². The van der Waals surface area contributed by atoms with Crippen molar-refractivity contribution in [2.24, 2.45) is 11.7 Å². The summed E-state index contributed by atoms with van der Waals surface area (Å²) in [6.45, 7) is 0.262. The Morgan fingerprint density at radius 2 is 1.90 bits per heavy atom.